The van der Waals surface area contributed by atoms with Gasteiger partial charge in [0.25, 0.3) is 5.91 Å². The molecular formula is C24H29N5O2. The smallest absolute Gasteiger partial charge is 0.319 e. The fraction of sp³-hybridized carbons (Fsp3) is 0.375. The van der Waals surface area contributed by atoms with Crippen molar-refractivity contribution in [2.75, 3.05) is 11.9 Å². The van der Waals surface area contributed by atoms with Crippen molar-refractivity contribution in [1.82, 2.24) is 20.2 Å². The van der Waals surface area contributed by atoms with Gasteiger partial charge in [0.15, 0.2) is 0 Å². The Hall–Kier alpha value is -3.35. The first kappa shape index (κ1) is 20.9. The molecule has 1 heterocycles. The highest BCUT2D eigenvalue weighted by Gasteiger charge is 2.18. The summed E-state index contributed by atoms with van der Waals surface area (Å²) in [6, 6.07) is 11.6. The normalized spacial score (nSPS) is 14.0. The van der Waals surface area contributed by atoms with Crippen LogP contribution in [0, 0.1) is 13.8 Å². The lowest BCUT2D eigenvalue weighted by atomic mass is 10.1. The van der Waals surface area contributed by atoms with Crippen molar-refractivity contribution < 1.29 is 9.59 Å². The van der Waals surface area contributed by atoms with Crippen LogP contribution in [0.25, 0.3) is 11.0 Å². The molecule has 1 aliphatic carbocycles. The molecule has 3 amide bonds. The Balaban J connectivity index is 1.32. The van der Waals surface area contributed by atoms with Gasteiger partial charge in [0.1, 0.15) is 0 Å². The van der Waals surface area contributed by atoms with Gasteiger partial charge in [0.05, 0.1) is 17.4 Å². The van der Waals surface area contributed by atoms with Crippen LogP contribution in [0.1, 0.15) is 47.2 Å². The van der Waals surface area contributed by atoms with Gasteiger partial charge in [-0.1, -0.05) is 18.9 Å². The van der Waals surface area contributed by atoms with Crippen molar-refractivity contribution in [3.8, 4) is 0 Å². The first-order valence-corrected chi connectivity index (χ1v) is 10.9. The SMILES string of the molecule is Cc1cc(C)cc(NC(=O)NCCn2cnc3cc(C(=O)NC4CCCC4)ccc32)c1. The highest BCUT2D eigenvalue weighted by Crippen LogP contribution is 2.19. The van der Waals surface area contributed by atoms with Crippen LogP contribution in [0.4, 0.5) is 10.5 Å². The summed E-state index contributed by atoms with van der Waals surface area (Å²) < 4.78 is 1.98. The topological polar surface area (TPSA) is 88.1 Å². The van der Waals surface area contributed by atoms with Crippen LogP contribution in [0.3, 0.4) is 0 Å². The molecule has 0 saturated heterocycles. The molecular weight excluding hydrogens is 390 g/mol. The third kappa shape index (κ3) is 5.23. The molecule has 4 rings (SSSR count). The molecule has 0 unspecified atom stereocenters. The van der Waals surface area contributed by atoms with Crippen LogP contribution in [-0.4, -0.2) is 34.1 Å². The molecule has 0 radical (unpaired) electrons. The molecule has 3 aromatic rings. The standard InChI is InChI=1S/C24H29N5O2/c1-16-11-17(2)13-20(12-16)28-24(31)25-9-10-29-15-26-21-14-18(7-8-22(21)29)23(30)27-19-5-3-4-6-19/h7-8,11-15,19H,3-6,9-10H2,1-2H3,(H,27,30)(H2,25,28,31). The summed E-state index contributed by atoms with van der Waals surface area (Å²) in [4.78, 5) is 29.1. The molecule has 31 heavy (non-hydrogen) atoms. The summed E-state index contributed by atoms with van der Waals surface area (Å²) in [5.74, 6) is -0.0342. The monoisotopic (exact) mass is 419 g/mol. The van der Waals surface area contributed by atoms with E-state index >= 15 is 0 Å². The zero-order valence-corrected chi connectivity index (χ0v) is 18.1. The summed E-state index contributed by atoms with van der Waals surface area (Å²) in [5, 5.41) is 8.86. The van der Waals surface area contributed by atoms with Gasteiger partial charge in [-0.2, -0.15) is 0 Å². The molecule has 1 aliphatic rings. The van der Waals surface area contributed by atoms with Crippen LogP contribution < -0.4 is 16.0 Å². The van der Waals surface area contributed by atoms with Gasteiger partial charge in [0.2, 0.25) is 0 Å². The summed E-state index contributed by atoms with van der Waals surface area (Å²) in [6.45, 7) is 5.06. The Morgan fingerprint density at radius 3 is 2.55 bits per heavy atom. The molecule has 1 fully saturated rings. The van der Waals surface area contributed by atoms with Crippen LogP contribution in [0.2, 0.25) is 0 Å². The minimum atomic E-state index is -0.236. The number of nitrogens with one attached hydrogen (secondary N) is 3. The average molecular weight is 420 g/mol. The number of urea groups is 1. The highest BCUT2D eigenvalue weighted by molar-refractivity contribution is 5.97. The zero-order chi connectivity index (χ0) is 21.8. The van der Waals surface area contributed by atoms with Gasteiger partial charge in [-0.3, -0.25) is 4.79 Å². The van der Waals surface area contributed by atoms with Crippen molar-refractivity contribution in [2.45, 2.75) is 52.1 Å². The maximum Gasteiger partial charge on any atom is 0.319 e. The van der Waals surface area contributed by atoms with Gasteiger partial charge in [-0.15, -0.1) is 0 Å². The molecule has 162 valence electrons. The number of aromatic nitrogens is 2. The van der Waals surface area contributed by atoms with Gasteiger partial charge in [-0.25, -0.2) is 9.78 Å². The number of rotatable bonds is 6. The highest BCUT2D eigenvalue weighted by atomic mass is 16.2. The van der Waals surface area contributed by atoms with Crippen LogP contribution in [0.15, 0.2) is 42.7 Å². The van der Waals surface area contributed by atoms with E-state index in [-0.39, 0.29) is 11.9 Å². The average Bonchev–Trinajstić information content (AvgIpc) is 3.36. The predicted octanol–water partition coefficient (Wildman–Crippen LogP) is 4.15. The minimum absolute atomic E-state index is 0.0342. The van der Waals surface area contributed by atoms with E-state index in [2.05, 4.69) is 27.0 Å². The Morgan fingerprint density at radius 1 is 1.06 bits per heavy atom. The molecule has 1 aromatic heterocycles. The number of carbonyl (C=O) groups is 2. The number of nitrogens with zero attached hydrogens (tertiary/aromatic N) is 2. The van der Waals surface area contributed by atoms with Crippen molar-refractivity contribution in [1.29, 1.82) is 0 Å². The number of amides is 3. The van der Waals surface area contributed by atoms with Gasteiger partial charge in [-0.05, 0) is 68.1 Å². The first-order valence-electron chi connectivity index (χ1n) is 10.9. The maximum absolute atomic E-state index is 12.5. The Bertz CT molecular complexity index is 1080. The fourth-order valence-corrected chi connectivity index (χ4v) is 4.23. The van der Waals surface area contributed by atoms with Crippen LogP contribution in [-0.2, 0) is 6.54 Å². The molecule has 3 N–H and O–H groups in total. The molecule has 7 nitrogen and oxygen atoms in total. The van der Waals surface area contributed by atoms with Crippen molar-refractivity contribution >= 4 is 28.7 Å². The van der Waals surface area contributed by atoms with Crippen molar-refractivity contribution in [3.63, 3.8) is 0 Å². The van der Waals surface area contributed by atoms with E-state index in [1.165, 1.54) is 12.8 Å². The van der Waals surface area contributed by atoms with Crippen LogP contribution in [0.5, 0.6) is 0 Å². The molecule has 1 saturated carbocycles. The van der Waals surface area contributed by atoms with Gasteiger partial charge >= 0.3 is 6.03 Å². The number of fused-ring (bicyclic) bond motifs is 1. The Morgan fingerprint density at radius 2 is 1.81 bits per heavy atom. The quantitative estimate of drug-likeness (QED) is 0.561. The predicted molar refractivity (Wildman–Crippen MR) is 122 cm³/mol. The second-order valence-corrected chi connectivity index (χ2v) is 8.35. The minimum Gasteiger partial charge on any atom is -0.349 e. The second-order valence-electron chi connectivity index (χ2n) is 8.35. The van der Waals surface area contributed by atoms with Gasteiger partial charge in [0, 0.05) is 30.4 Å². The van der Waals surface area contributed by atoms with E-state index in [9.17, 15) is 9.59 Å². The molecule has 2 aromatic carbocycles. The van der Waals surface area contributed by atoms with Crippen molar-refractivity contribution in [2.24, 2.45) is 0 Å². The Kier molecular flexibility index (Phi) is 6.21. The summed E-state index contributed by atoms with van der Waals surface area (Å²) in [6.07, 6.45) is 6.24. The first-order chi connectivity index (χ1) is 15.0. The maximum atomic E-state index is 12.5. The van der Waals surface area contributed by atoms with E-state index in [4.69, 9.17) is 0 Å². The number of hydrogen-bond acceptors (Lipinski definition) is 3. The molecule has 0 spiro atoms. The third-order valence-corrected chi connectivity index (χ3v) is 5.69. The molecule has 0 atom stereocenters. The zero-order valence-electron chi connectivity index (χ0n) is 18.1. The lowest BCUT2D eigenvalue weighted by Gasteiger charge is -2.12. The summed E-state index contributed by atoms with van der Waals surface area (Å²) >= 11 is 0. The number of imidazole rings is 1. The lowest BCUT2D eigenvalue weighted by Crippen LogP contribution is -2.32. The van der Waals surface area contributed by atoms with E-state index in [1.807, 2.05) is 48.7 Å². The van der Waals surface area contributed by atoms with Crippen molar-refractivity contribution in [3.05, 3.63) is 59.4 Å². The van der Waals surface area contributed by atoms with Gasteiger partial charge < -0.3 is 20.5 Å². The number of aryl methyl sites for hydroxylation is 2. The lowest BCUT2D eigenvalue weighted by molar-refractivity contribution is 0.0938. The largest absolute Gasteiger partial charge is 0.349 e. The number of hydrogen-bond donors (Lipinski definition) is 3. The van der Waals surface area contributed by atoms with E-state index in [0.29, 0.717) is 24.7 Å². The molecule has 0 bridgehead atoms. The Labute approximate surface area is 182 Å². The summed E-state index contributed by atoms with van der Waals surface area (Å²) in [7, 11) is 0. The fourth-order valence-electron chi connectivity index (χ4n) is 4.23. The number of benzene rings is 2. The van der Waals surface area contributed by atoms with Crippen LogP contribution >= 0.6 is 0 Å². The van der Waals surface area contributed by atoms with E-state index in [0.717, 1.165) is 40.7 Å². The molecule has 0 aliphatic heterocycles. The third-order valence-electron chi connectivity index (χ3n) is 5.69. The summed E-state index contributed by atoms with van der Waals surface area (Å²) in [5.41, 5.74) is 5.35. The number of anilines is 1. The number of carbonyl (C=O) groups excluding carboxylic acids is 2. The van der Waals surface area contributed by atoms with E-state index in [1.54, 1.807) is 6.33 Å². The molecule has 7 heteroatoms. The second kappa shape index (κ2) is 9.20. The van der Waals surface area contributed by atoms with E-state index < -0.39 is 0 Å².